The lowest BCUT2D eigenvalue weighted by Crippen LogP contribution is -2.23. The number of methoxy groups -OCH3 is 1. The van der Waals surface area contributed by atoms with Crippen LogP contribution in [0.3, 0.4) is 0 Å². The third-order valence-corrected chi connectivity index (χ3v) is 2.11. The first kappa shape index (κ1) is 9.75. The third-order valence-electron chi connectivity index (χ3n) is 2.11. The van der Waals surface area contributed by atoms with Gasteiger partial charge in [-0.1, -0.05) is 5.57 Å². The largest absolute Gasteiger partial charge is 0.385 e. The van der Waals surface area contributed by atoms with E-state index in [4.69, 9.17) is 4.74 Å². The van der Waals surface area contributed by atoms with E-state index in [1.165, 1.54) is 18.4 Å². The molecule has 0 amide bonds. The predicted molar refractivity (Wildman–Crippen MR) is 50.0 cm³/mol. The van der Waals surface area contributed by atoms with Crippen molar-refractivity contribution in [2.75, 3.05) is 26.8 Å². The number of ether oxygens (including phenoxy) is 1. The van der Waals surface area contributed by atoms with E-state index in [9.17, 15) is 0 Å². The van der Waals surface area contributed by atoms with Crippen LogP contribution in [0.25, 0.3) is 0 Å². The summed E-state index contributed by atoms with van der Waals surface area (Å²) in [5.41, 5.74) is 1.50. The number of piperidine rings is 1. The van der Waals surface area contributed by atoms with E-state index in [0.29, 0.717) is 0 Å². The summed E-state index contributed by atoms with van der Waals surface area (Å²) in [6, 6.07) is 0. The van der Waals surface area contributed by atoms with Crippen LogP contribution in [0.4, 0.5) is 0 Å². The lowest BCUT2D eigenvalue weighted by Gasteiger charge is -2.14. The Morgan fingerprint density at radius 3 is 2.83 bits per heavy atom. The molecule has 1 heterocycles. The van der Waals surface area contributed by atoms with Gasteiger partial charge in [0.15, 0.2) is 0 Å². The molecule has 0 atom stereocenters. The van der Waals surface area contributed by atoms with E-state index in [1.807, 2.05) is 0 Å². The minimum atomic E-state index is 0.860. The summed E-state index contributed by atoms with van der Waals surface area (Å²) in [6.45, 7) is 3.12. The first-order valence-electron chi connectivity index (χ1n) is 4.71. The molecular formula is C10H18NO. The van der Waals surface area contributed by atoms with Gasteiger partial charge in [-0.3, -0.25) is 0 Å². The first-order chi connectivity index (χ1) is 5.93. The van der Waals surface area contributed by atoms with E-state index in [2.05, 4.69) is 11.4 Å². The fraction of sp³-hybridized carbons (Fsp3) is 0.800. The highest BCUT2D eigenvalue weighted by atomic mass is 16.5. The summed E-state index contributed by atoms with van der Waals surface area (Å²) in [5, 5.41) is 3.33. The summed E-state index contributed by atoms with van der Waals surface area (Å²) in [5.74, 6) is 0. The molecule has 0 aliphatic carbocycles. The van der Waals surface area contributed by atoms with Crippen molar-refractivity contribution in [3.63, 3.8) is 0 Å². The van der Waals surface area contributed by atoms with Gasteiger partial charge in [-0.25, -0.2) is 0 Å². The molecule has 1 rings (SSSR count). The Morgan fingerprint density at radius 1 is 1.42 bits per heavy atom. The average molecular weight is 168 g/mol. The molecule has 1 N–H and O–H groups in total. The van der Waals surface area contributed by atoms with Gasteiger partial charge in [-0.15, -0.1) is 0 Å². The quantitative estimate of drug-likeness (QED) is 0.643. The number of allylic oxidation sites excluding steroid dienone is 1. The highest BCUT2D eigenvalue weighted by molar-refractivity contribution is 5.00. The normalized spacial score (nSPS) is 17.9. The predicted octanol–water partition coefficient (Wildman–Crippen LogP) is 1.53. The van der Waals surface area contributed by atoms with Crippen LogP contribution in [0, 0.1) is 6.08 Å². The van der Waals surface area contributed by atoms with Gasteiger partial charge in [0.25, 0.3) is 0 Å². The molecule has 1 saturated heterocycles. The molecule has 0 unspecified atom stereocenters. The molecule has 0 aromatic rings. The Labute approximate surface area is 75.0 Å². The molecule has 0 aromatic heterocycles. The Kier molecular flexibility index (Phi) is 5.04. The van der Waals surface area contributed by atoms with Gasteiger partial charge in [-0.05, 0) is 44.8 Å². The van der Waals surface area contributed by atoms with E-state index in [-0.39, 0.29) is 0 Å². The average Bonchev–Trinajstić information content (AvgIpc) is 2.14. The third kappa shape index (κ3) is 3.88. The van der Waals surface area contributed by atoms with Crippen LogP contribution in [0.5, 0.6) is 0 Å². The second-order valence-electron chi connectivity index (χ2n) is 3.13. The second kappa shape index (κ2) is 6.21. The van der Waals surface area contributed by atoms with Crippen molar-refractivity contribution in [3.8, 4) is 0 Å². The van der Waals surface area contributed by atoms with Crippen molar-refractivity contribution < 1.29 is 4.74 Å². The Balaban J connectivity index is 2.08. The molecule has 69 valence electrons. The Bertz CT molecular complexity index is 135. The van der Waals surface area contributed by atoms with Gasteiger partial charge in [0.2, 0.25) is 0 Å². The van der Waals surface area contributed by atoms with Gasteiger partial charge in [-0.2, -0.15) is 0 Å². The van der Waals surface area contributed by atoms with Crippen molar-refractivity contribution in [2.24, 2.45) is 0 Å². The van der Waals surface area contributed by atoms with Crippen molar-refractivity contribution in [3.05, 3.63) is 11.6 Å². The zero-order valence-corrected chi connectivity index (χ0v) is 7.86. The standard InChI is InChI=1S/C10H18NO/c1-12-9-3-2-4-10-5-7-11-8-6-10/h11H,2-3,5-9H2,1H3. The lowest BCUT2D eigenvalue weighted by molar-refractivity contribution is 0.195. The van der Waals surface area contributed by atoms with Gasteiger partial charge >= 0.3 is 0 Å². The molecule has 2 heteroatoms. The number of nitrogens with one attached hydrogen (secondary N) is 1. The molecule has 0 spiro atoms. The summed E-state index contributed by atoms with van der Waals surface area (Å²) in [7, 11) is 1.75. The fourth-order valence-corrected chi connectivity index (χ4v) is 1.39. The topological polar surface area (TPSA) is 21.3 Å². The maximum Gasteiger partial charge on any atom is 0.0465 e. The van der Waals surface area contributed by atoms with Crippen molar-refractivity contribution in [1.29, 1.82) is 0 Å². The zero-order chi connectivity index (χ0) is 8.65. The summed E-state index contributed by atoms with van der Waals surface area (Å²) in [6.07, 6.45) is 7.99. The van der Waals surface area contributed by atoms with E-state index in [0.717, 1.165) is 32.5 Å². The molecule has 12 heavy (non-hydrogen) atoms. The van der Waals surface area contributed by atoms with E-state index in [1.54, 1.807) is 7.11 Å². The molecule has 1 aliphatic rings. The van der Waals surface area contributed by atoms with Gasteiger partial charge in [0.1, 0.15) is 0 Å². The number of rotatable bonds is 4. The highest BCUT2D eigenvalue weighted by Gasteiger charge is 2.02. The monoisotopic (exact) mass is 168 g/mol. The van der Waals surface area contributed by atoms with Crippen molar-refractivity contribution in [1.82, 2.24) is 5.32 Å². The van der Waals surface area contributed by atoms with Gasteiger partial charge < -0.3 is 10.1 Å². The van der Waals surface area contributed by atoms with Crippen LogP contribution in [0.2, 0.25) is 0 Å². The van der Waals surface area contributed by atoms with Gasteiger partial charge in [0.05, 0.1) is 0 Å². The minimum absolute atomic E-state index is 0.860. The number of hydrogen-bond donors (Lipinski definition) is 1. The summed E-state index contributed by atoms with van der Waals surface area (Å²) in [4.78, 5) is 0. The summed E-state index contributed by atoms with van der Waals surface area (Å²) < 4.78 is 4.97. The minimum Gasteiger partial charge on any atom is -0.385 e. The molecule has 1 aliphatic heterocycles. The lowest BCUT2D eigenvalue weighted by atomic mass is 10.0. The van der Waals surface area contributed by atoms with E-state index < -0.39 is 0 Å². The highest BCUT2D eigenvalue weighted by Crippen LogP contribution is 2.10. The smallest absolute Gasteiger partial charge is 0.0465 e. The molecule has 2 nitrogen and oxygen atoms in total. The second-order valence-corrected chi connectivity index (χ2v) is 3.13. The number of hydrogen-bond acceptors (Lipinski definition) is 2. The molecule has 1 radical (unpaired) electrons. The summed E-state index contributed by atoms with van der Waals surface area (Å²) >= 11 is 0. The number of unbranched alkanes of at least 4 members (excludes halogenated alkanes) is 1. The first-order valence-corrected chi connectivity index (χ1v) is 4.71. The maximum absolute atomic E-state index is 4.97. The molecule has 0 aromatic carbocycles. The van der Waals surface area contributed by atoms with Crippen LogP contribution in [-0.4, -0.2) is 26.8 Å². The SMILES string of the molecule is COCCC[C]=C1CCNCC1. The van der Waals surface area contributed by atoms with Gasteiger partial charge in [0, 0.05) is 13.7 Å². The Hall–Kier alpha value is -0.340. The van der Waals surface area contributed by atoms with Crippen LogP contribution in [0.15, 0.2) is 5.57 Å². The molecule has 1 fully saturated rings. The molecule has 0 bridgehead atoms. The Morgan fingerprint density at radius 2 is 2.17 bits per heavy atom. The van der Waals surface area contributed by atoms with Crippen molar-refractivity contribution >= 4 is 0 Å². The van der Waals surface area contributed by atoms with Crippen molar-refractivity contribution in [2.45, 2.75) is 25.7 Å². The molecule has 0 saturated carbocycles. The maximum atomic E-state index is 4.97. The van der Waals surface area contributed by atoms with Crippen LogP contribution >= 0.6 is 0 Å². The van der Waals surface area contributed by atoms with Crippen LogP contribution < -0.4 is 5.32 Å². The zero-order valence-electron chi connectivity index (χ0n) is 7.86. The fourth-order valence-electron chi connectivity index (χ4n) is 1.39. The van der Waals surface area contributed by atoms with E-state index >= 15 is 0 Å². The van der Waals surface area contributed by atoms with Crippen LogP contribution in [0.1, 0.15) is 25.7 Å². The molecular weight excluding hydrogens is 150 g/mol. The van der Waals surface area contributed by atoms with Crippen LogP contribution in [-0.2, 0) is 4.74 Å².